The summed E-state index contributed by atoms with van der Waals surface area (Å²) < 4.78 is 40.1. The average Bonchev–Trinajstić information content (AvgIpc) is 2.89. The fourth-order valence-electron chi connectivity index (χ4n) is 2.65. The first-order valence-corrected chi connectivity index (χ1v) is 8.18. The molecule has 0 unspecified atom stereocenters. The number of aromatic nitrogens is 1. The molecule has 0 atom stereocenters. The van der Waals surface area contributed by atoms with Crippen LogP contribution in [0, 0.1) is 4.91 Å². The van der Waals surface area contributed by atoms with Gasteiger partial charge in [-0.05, 0) is 18.2 Å². The summed E-state index contributed by atoms with van der Waals surface area (Å²) in [6.07, 6.45) is -4.53. The minimum atomic E-state index is -4.53. The van der Waals surface area contributed by atoms with E-state index in [4.69, 9.17) is 0 Å². The van der Waals surface area contributed by atoms with Crippen molar-refractivity contribution in [1.82, 2.24) is 14.5 Å². The molecule has 0 aliphatic carbocycles. The molecule has 1 amide bonds. The molecular weight excluding hydrogens is 361 g/mol. The number of nitroso groups, excluding NO2 is 1. The molecule has 0 bridgehead atoms. The van der Waals surface area contributed by atoms with Gasteiger partial charge >= 0.3 is 11.0 Å². The Labute approximate surface area is 143 Å². The van der Waals surface area contributed by atoms with Gasteiger partial charge in [0, 0.05) is 13.1 Å². The van der Waals surface area contributed by atoms with Crippen molar-refractivity contribution in [3.8, 4) is 0 Å². The number of halogens is 3. The van der Waals surface area contributed by atoms with Crippen LogP contribution in [0.15, 0.2) is 28.3 Å². The number of rotatable bonds is 3. The average molecular weight is 374 g/mol. The van der Waals surface area contributed by atoms with Gasteiger partial charge in [-0.1, -0.05) is 11.3 Å². The molecule has 0 saturated carbocycles. The van der Waals surface area contributed by atoms with Gasteiger partial charge in [-0.15, -0.1) is 4.91 Å². The lowest BCUT2D eigenvalue weighted by Crippen LogP contribution is -2.48. The van der Waals surface area contributed by atoms with E-state index in [1.807, 2.05) is 0 Å². The number of carbonyl (C=O) groups excluding carboxylic acids is 1. The van der Waals surface area contributed by atoms with Crippen LogP contribution in [0.2, 0.25) is 0 Å². The highest BCUT2D eigenvalue weighted by Crippen LogP contribution is 2.32. The highest BCUT2D eigenvalue weighted by molar-refractivity contribution is 7.16. The predicted octanol–water partition coefficient (Wildman–Crippen LogP) is 1.91. The van der Waals surface area contributed by atoms with E-state index in [1.54, 1.807) is 0 Å². The van der Waals surface area contributed by atoms with Gasteiger partial charge in [-0.3, -0.25) is 19.2 Å². The zero-order valence-electron chi connectivity index (χ0n) is 12.8. The van der Waals surface area contributed by atoms with Crippen molar-refractivity contribution in [3.63, 3.8) is 0 Å². The minimum absolute atomic E-state index is 0.0892. The van der Waals surface area contributed by atoms with Crippen LogP contribution in [0.1, 0.15) is 5.56 Å². The molecule has 0 N–H and O–H groups in total. The molecule has 11 heteroatoms. The number of nitrogens with zero attached hydrogens (tertiary/aromatic N) is 4. The lowest BCUT2D eigenvalue weighted by molar-refractivity contribution is -0.137. The van der Waals surface area contributed by atoms with Crippen LogP contribution in [-0.2, 0) is 17.5 Å². The Morgan fingerprint density at radius 2 is 1.88 bits per heavy atom. The Balaban J connectivity index is 1.85. The number of benzene rings is 1. The Morgan fingerprint density at radius 3 is 2.48 bits per heavy atom. The fourth-order valence-corrected chi connectivity index (χ4v) is 3.52. The zero-order valence-corrected chi connectivity index (χ0v) is 13.6. The van der Waals surface area contributed by atoms with Gasteiger partial charge in [-0.2, -0.15) is 13.2 Å². The summed E-state index contributed by atoms with van der Waals surface area (Å²) >= 11 is 0.796. The maximum absolute atomic E-state index is 12.9. The first kappa shape index (κ1) is 17.4. The lowest BCUT2D eigenvalue weighted by atomic mass is 10.2. The second-order valence-corrected chi connectivity index (χ2v) is 6.54. The van der Waals surface area contributed by atoms with Crippen molar-refractivity contribution < 1.29 is 18.0 Å². The van der Waals surface area contributed by atoms with Crippen LogP contribution in [0.25, 0.3) is 10.2 Å². The Bertz CT molecular complexity index is 868. The third-order valence-corrected chi connectivity index (χ3v) is 4.97. The van der Waals surface area contributed by atoms with Gasteiger partial charge in [0.05, 0.1) is 34.2 Å². The molecule has 0 spiro atoms. The topological polar surface area (TPSA) is 75.0 Å². The van der Waals surface area contributed by atoms with E-state index in [1.165, 1.54) is 16.0 Å². The van der Waals surface area contributed by atoms with Gasteiger partial charge in [0.25, 0.3) is 0 Å². The van der Waals surface area contributed by atoms with E-state index < -0.39 is 16.6 Å². The Morgan fingerprint density at radius 1 is 1.20 bits per heavy atom. The zero-order chi connectivity index (χ0) is 18.2. The van der Waals surface area contributed by atoms with Gasteiger partial charge in [0.15, 0.2) is 0 Å². The van der Waals surface area contributed by atoms with Gasteiger partial charge in [0.1, 0.15) is 6.54 Å². The lowest BCUT2D eigenvalue weighted by Gasteiger charge is -2.31. The SMILES string of the molecule is O=NN1CCN(C(=O)Cn2c(=O)sc3ccc(C(F)(F)F)cc32)CC1. The molecule has 1 aliphatic heterocycles. The number of carbonyl (C=O) groups is 1. The molecule has 25 heavy (non-hydrogen) atoms. The Kier molecular flexibility index (Phi) is 4.50. The van der Waals surface area contributed by atoms with Crippen molar-refractivity contribution in [1.29, 1.82) is 0 Å². The quantitative estimate of drug-likeness (QED) is 0.769. The standard InChI is InChI=1S/C14H13F3N4O3S/c15-14(16,17)9-1-2-11-10(7-9)21(13(23)25-11)8-12(22)19-3-5-20(18-24)6-4-19/h1-2,7H,3-6,8H2. The molecule has 1 saturated heterocycles. The molecule has 1 aromatic heterocycles. The normalized spacial score (nSPS) is 15.6. The maximum atomic E-state index is 12.9. The second kappa shape index (κ2) is 6.47. The van der Waals surface area contributed by atoms with Crippen molar-refractivity contribution in [2.45, 2.75) is 12.7 Å². The van der Waals surface area contributed by atoms with Crippen molar-refractivity contribution in [2.24, 2.45) is 5.29 Å². The largest absolute Gasteiger partial charge is 0.416 e. The second-order valence-electron chi connectivity index (χ2n) is 5.55. The monoisotopic (exact) mass is 374 g/mol. The van der Waals surface area contributed by atoms with Crippen LogP contribution in [0.5, 0.6) is 0 Å². The number of alkyl halides is 3. The highest BCUT2D eigenvalue weighted by atomic mass is 32.1. The molecule has 1 aliphatic rings. The molecule has 134 valence electrons. The molecule has 2 aromatic rings. The third kappa shape index (κ3) is 3.50. The first-order valence-electron chi connectivity index (χ1n) is 7.36. The van der Waals surface area contributed by atoms with Crippen LogP contribution in [-0.4, -0.2) is 46.6 Å². The van der Waals surface area contributed by atoms with Crippen molar-refractivity contribution in [3.05, 3.63) is 38.3 Å². The van der Waals surface area contributed by atoms with Crippen LogP contribution >= 0.6 is 11.3 Å². The summed E-state index contributed by atoms with van der Waals surface area (Å²) in [5, 5.41) is 4.07. The number of piperazine rings is 1. The molecule has 2 heterocycles. The van der Waals surface area contributed by atoms with Crippen molar-refractivity contribution >= 4 is 27.5 Å². The highest BCUT2D eigenvalue weighted by Gasteiger charge is 2.31. The molecular formula is C14H13F3N4O3S. The van der Waals surface area contributed by atoms with E-state index in [0.29, 0.717) is 4.70 Å². The smallest absolute Gasteiger partial charge is 0.337 e. The van der Waals surface area contributed by atoms with Crippen LogP contribution in [0.3, 0.4) is 0 Å². The van der Waals surface area contributed by atoms with E-state index >= 15 is 0 Å². The number of hydrogen-bond donors (Lipinski definition) is 0. The van der Waals surface area contributed by atoms with E-state index in [0.717, 1.165) is 28.0 Å². The summed E-state index contributed by atoms with van der Waals surface area (Å²) in [6, 6.07) is 3.03. The maximum Gasteiger partial charge on any atom is 0.416 e. The summed E-state index contributed by atoms with van der Waals surface area (Å²) in [7, 11) is 0. The van der Waals surface area contributed by atoms with E-state index in [2.05, 4.69) is 5.29 Å². The Hall–Kier alpha value is -2.43. The fraction of sp³-hybridized carbons (Fsp3) is 0.429. The number of fused-ring (bicyclic) bond motifs is 1. The van der Waals surface area contributed by atoms with Gasteiger partial charge in [0.2, 0.25) is 5.91 Å². The minimum Gasteiger partial charge on any atom is -0.337 e. The van der Waals surface area contributed by atoms with Crippen molar-refractivity contribution in [2.75, 3.05) is 26.2 Å². The summed E-state index contributed by atoms with van der Waals surface area (Å²) in [5.74, 6) is -0.384. The third-order valence-electron chi connectivity index (χ3n) is 4.01. The summed E-state index contributed by atoms with van der Waals surface area (Å²) in [6.45, 7) is 0.776. The molecule has 0 radical (unpaired) electrons. The van der Waals surface area contributed by atoms with Crippen LogP contribution < -0.4 is 4.87 Å². The molecule has 1 aromatic carbocycles. The van der Waals surface area contributed by atoms with E-state index in [9.17, 15) is 27.7 Å². The van der Waals surface area contributed by atoms with Gasteiger partial charge in [-0.25, -0.2) is 0 Å². The summed E-state index contributed by atoms with van der Waals surface area (Å²) in [4.78, 5) is 35.8. The number of hydrogen-bond acceptors (Lipinski definition) is 5. The molecule has 1 fully saturated rings. The summed E-state index contributed by atoms with van der Waals surface area (Å²) in [5.41, 5.74) is -0.781. The van der Waals surface area contributed by atoms with Crippen LogP contribution in [0.4, 0.5) is 13.2 Å². The van der Waals surface area contributed by atoms with E-state index in [-0.39, 0.29) is 44.1 Å². The number of amides is 1. The first-order chi connectivity index (χ1) is 11.8. The molecule has 3 rings (SSSR count). The van der Waals surface area contributed by atoms with Gasteiger partial charge < -0.3 is 4.90 Å². The molecule has 7 nitrogen and oxygen atoms in total. The predicted molar refractivity (Wildman–Crippen MR) is 85.0 cm³/mol. The number of thiazole rings is 1.